The second-order valence-electron chi connectivity index (χ2n) is 3.68. The van der Waals surface area contributed by atoms with Gasteiger partial charge in [-0.1, -0.05) is 28.1 Å². The van der Waals surface area contributed by atoms with Crippen molar-refractivity contribution in [2.24, 2.45) is 0 Å². The van der Waals surface area contributed by atoms with Crippen LogP contribution in [0.3, 0.4) is 0 Å². The normalized spacial score (nSPS) is 12.8. The third kappa shape index (κ3) is 4.90. The molecular formula is C11H9BrF3NO3. The van der Waals surface area contributed by atoms with E-state index in [4.69, 9.17) is 5.11 Å². The molecule has 1 atom stereocenters. The number of rotatable bonds is 4. The van der Waals surface area contributed by atoms with E-state index in [-0.39, 0.29) is 5.56 Å². The molecule has 0 spiro atoms. The van der Waals surface area contributed by atoms with Crippen LogP contribution < -0.4 is 5.32 Å². The van der Waals surface area contributed by atoms with Crippen LogP contribution in [-0.2, 0) is 9.59 Å². The van der Waals surface area contributed by atoms with Crippen LogP contribution in [0.2, 0.25) is 0 Å². The molecule has 0 aliphatic carbocycles. The maximum absolute atomic E-state index is 12.2. The van der Waals surface area contributed by atoms with E-state index in [0.717, 1.165) is 0 Å². The van der Waals surface area contributed by atoms with Crippen LogP contribution in [0.5, 0.6) is 0 Å². The molecule has 1 aromatic rings. The number of hydrogen-bond acceptors (Lipinski definition) is 2. The molecule has 0 fully saturated rings. The third-order valence-electron chi connectivity index (χ3n) is 2.19. The predicted octanol–water partition coefficient (Wildman–Crippen LogP) is 2.64. The van der Waals surface area contributed by atoms with Crippen LogP contribution in [-0.4, -0.2) is 23.2 Å². The Morgan fingerprint density at radius 3 is 2.47 bits per heavy atom. The predicted molar refractivity (Wildman–Crippen MR) is 63.3 cm³/mol. The highest BCUT2D eigenvalue weighted by Gasteiger charge is 2.40. The van der Waals surface area contributed by atoms with E-state index >= 15 is 0 Å². The lowest BCUT2D eigenvalue weighted by molar-refractivity contribution is -0.174. The molecule has 0 aliphatic rings. The number of nitrogens with one attached hydrogen (secondary N) is 1. The fourth-order valence-electron chi connectivity index (χ4n) is 1.39. The van der Waals surface area contributed by atoms with Crippen molar-refractivity contribution in [2.45, 2.75) is 18.6 Å². The highest BCUT2D eigenvalue weighted by molar-refractivity contribution is 9.10. The Labute approximate surface area is 114 Å². The third-order valence-corrected chi connectivity index (χ3v) is 2.69. The van der Waals surface area contributed by atoms with Gasteiger partial charge in [-0.2, -0.15) is 13.2 Å². The second kappa shape index (κ2) is 6.05. The summed E-state index contributed by atoms with van der Waals surface area (Å²) < 4.78 is 37.1. The lowest BCUT2D eigenvalue weighted by Gasteiger charge is -2.18. The SMILES string of the molecule is O=C(O)C[C@H](NC(=O)C(F)(F)F)c1cccc(Br)c1. The van der Waals surface area contributed by atoms with E-state index in [1.807, 2.05) is 0 Å². The summed E-state index contributed by atoms with van der Waals surface area (Å²) in [6.45, 7) is 0. The molecule has 2 N–H and O–H groups in total. The van der Waals surface area contributed by atoms with Gasteiger partial charge < -0.3 is 10.4 Å². The van der Waals surface area contributed by atoms with Crippen LogP contribution >= 0.6 is 15.9 Å². The Morgan fingerprint density at radius 2 is 2.00 bits per heavy atom. The Balaban J connectivity index is 2.96. The molecule has 0 aliphatic heterocycles. The topological polar surface area (TPSA) is 66.4 Å². The number of aliphatic carboxylic acids is 1. The molecular weight excluding hydrogens is 331 g/mol. The molecule has 4 nitrogen and oxygen atoms in total. The van der Waals surface area contributed by atoms with Crippen LogP contribution in [0, 0.1) is 0 Å². The van der Waals surface area contributed by atoms with Gasteiger partial charge in [0.05, 0.1) is 12.5 Å². The molecule has 0 unspecified atom stereocenters. The molecule has 0 radical (unpaired) electrons. The van der Waals surface area contributed by atoms with E-state index < -0.39 is 30.5 Å². The van der Waals surface area contributed by atoms with Gasteiger partial charge in [-0.15, -0.1) is 0 Å². The summed E-state index contributed by atoms with van der Waals surface area (Å²) in [6.07, 6.45) is -5.69. The van der Waals surface area contributed by atoms with Crippen molar-refractivity contribution in [3.05, 3.63) is 34.3 Å². The van der Waals surface area contributed by atoms with Gasteiger partial charge in [-0.05, 0) is 17.7 Å². The Morgan fingerprint density at radius 1 is 1.37 bits per heavy atom. The molecule has 19 heavy (non-hydrogen) atoms. The zero-order valence-electron chi connectivity index (χ0n) is 9.37. The second-order valence-corrected chi connectivity index (χ2v) is 4.59. The largest absolute Gasteiger partial charge is 0.481 e. The fraction of sp³-hybridized carbons (Fsp3) is 0.273. The minimum Gasteiger partial charge on any atom is -0.481 e. The summed E-state index contributed by atoms with van der Waals surface area (Å²) in [6, 6.07) is 4.81. The van der Waals surface area contributed by atoms with Gasteiger partial charge in [0.1, 0.15) is 0 Å². The summed E-state index contributed by atoms with van der Waals surface area (Å²) in [5.74, 6) is -3.48. The molecule has 0 saturated carbocycles. The summed E-state index contributed by atoms with van der Waals surface area (Å²) >= 11 is 3.12. The molecule has 8 heteroatoms. The van der Waals surface area contributed by atoms with Gasteiger partial charge >= 0.3 is 18.1 Å². The van der Waals surface area contributed by atoms with Crippen LogP contribution in [0.1, 0.15) is 18.0 Å². The molecule has 0 bridgehead atoms. The maximum Gasteiger partial charge on any atom is 0.471 e. The molecule has 0 aromatic heterocycles. The van der Waals surface area contributed by atoms with Gasteiger partial charge in [-0.3, -0.25) is 9.59 Å². The maximum atomic E-state index is 12.2. The quantitative estimate of drug-likeness (QED) is 0.886. The van der Waals surface area contributed by atoms with Crippen molar-refractivity contribution in [3.63, 3.8) is 0 Å². The average Bonchev–Trinajstić information content (AvgIpc) is 2.26. The Kier molecular flexibility index (Phi) is 4.93. The zero-order valence-corrected chi connectivity index (χ0v) is 11.0. The van der Waals surface area contributed by atoms with Gasteiger partial charge in [0.2, 0.25) is 0 Å². The minimum absolute atomic E-state index is 0.273. The van der Waals surface area contributed by atoms with Gasteiger partial charge in [-0.25, -0.2) is 0 Å². The first-order chi connectivity index (χ1) is 8.70. The van der Waals surface area contributed by atoms with Gasteiger partial charge in [0, 0.05) is 4.47 Å². The number of alkyl halides is 3. The standard InChI is InChI=1S/C11H9BrF3NO3/c12-7-3-1-2-6(4-7)8(5-9(17)18)16-10(19)11(13,14)15/h1-4,8H,5H2,(H,16,19)(H,17,18)/t8-/m0/s1. The summed E-state index contributed by atoms with van der Waals surface area (Å²) in [4.78, 5) is 21.5. The van der Waals surface area contributed by atoms with E-state index in [9.17, 15) is 22.8 Å². The van der Waals surface area contributed by atoms with Crippen LogP contribution in [0.25, 0.3) is 0 Å². The van der Waals surface area contributed by atoms with E-state index in [2.05, 4.69) is 15.9 Å². The number of hydrogen-bond donors (Lipinski definition) is 2. The zero-order chi connectivity index (χ0) is 14.6. The van der Waals surface area contributed by atoms with Gasteiger partial charge in [0.25, 0.3) is 0 Å². The summed E-state index contributed by atoms with van der Waals surface area (Å²) in [7, 11) is 0. The van der Waals surface area contributed by atoms with Crippen molar-refractivity contribution in [3.8, 4) is 0 Å². The van der Waals surface area contributed by atoms with E-state index in [1.54, 1.807) is 11.4 Å². The Bertz CT molecular complexity index is 490. The lowest BCUT2D eigenvalue weighted by Crippen LogP contribution is -2.39. The molecule has 0 heterocycles. The van der Waals surface area contributed by atoms with Crippen molar-refractivity contribution >= 4 is 27.8 Å². The monoisotopic (exact) mass is 339 g/mol. The fourth-order valence-corrected chi connectivity index (χ4v) is 1.81. The van der Waals surface area contributed by atoms with Gasteiger partial charge in [0.15, 0.2) is 0 Å². The summed E-state index contributed by atoms with van der Waals surface area (Å²) in [5.41, 5.74) is 0.273. The van der Waals surface area contributed by atoms with Crippen molar-refractivity contribution in [1.29, 1.82) is 0 Å². The first-order valence-electron chi connectivity index (χ1n) is 5.05. The van der Waals surface area contributed by atoms with Crippen molar-refractivity contribution in [1.82, 2.24) is 5.32 Å². The van der Waals surface area contributed by atoms with Crippen LogP contribution in [0.4, 0.5) is 13.2 Å². The number of carboxylic acids is 1. The number of carboxylic acid groups (broad SMARTS) is 1. The van der Waals surface area contributed by atoms with Crippen LogP contribution in [0.15, 0.2) is 28.7 Å². The van der Waals surface area contributed by atoms with Crippen molar-refractivity contribution < 1.29 is 27.9 Å². The number of amides is 1. The number of carbonyl (C=O) groups excluding carboxylic acids is 1. The first kappa shape index (κ1) is 15.5. The molecule has 104 valence electrons. The lowest BCUT2D eigenvalue weighted by atomic mass is 10.0. The molecule has 1 rings (SSSR count). The molecule has 1 aromatic carbocycles. The number of halogens is 4. The summed E-state index contributed by atoms with van der Waals surface area (Å²) in [5, 5.41) is 10.4. The number of carbonyl (C=O) groups is 2. The highest BCUT2D eigenvalue weighted by Crippen LogP contribution is 2.23. The minimum atomic E-state index is -5.05. The Hall–Kier alpha value is -1.57. The van der Waals surface area contributed by atoms with E-state index in [1.165, 1.54) is 18.2 Å². The van der Waals surface area contributed by atoms with Crippen molar-refractivity contribution in [2.75, 3.05) is 0 Å². The highest BCUT2D eigenvalue weighted by atomic mass is 79.9. The van der Waals surface area contributed by atoms with E-state index in [0.29, 0.717) is 4.47 Å². The smallest absolute Gasteiger partial charge is 0.471 e. The average molecular weight is 340 g/mol. The molecule has 0 saturated heterocycles. The number of benzene rings is 1. The molecule has 1 amide bonds. The first-order valence-corrected chi connectivity index (χ1v) is 5.84.